The molecule has 0 saturated carbocycles. The van der Waals surface area contributed by atoms with E-state index >= 15 is 0 Å². The molecule has 0 amide bonds. The lowest BCUT2D eigenvalue weighted by atomic mass is 10.2. The van der Waals surface area contributed by atoms with E-state index in [2.05, 4.69) is 13.8 Å². The van der Waals surface area contributed by atoms with Gasteiger partial charge in [0.25, 0.3) is 0 Å². The first-order valence-corrected chi connectivity index (χ1v) is 3.49. The molecule has 1 aliphatic rings. The van der Waals surface area contributed by atoms with Crippen molar-refractivity contribution < 1.29 is 0 Å². The van der Waals surface area contributed by atoms with Crippen molar-refractivity contribution in [2.24, 2.45) is 0 Å². The Kier molecular flexibility index (Phi) is 1.78. The maximum atomic E-state index is 5.85. The number of halogens is 1. The molecule has 1 saturated heterocycles. The summed E-state index contributed by atoms with van der Waals surface area (Å²) in [5.74, 6) is 0. The molecular formula is C6H12ClN. The maximum absolute atomic E-state index is 5.85. The second kappa shape index (κ2) is 2.24. The van der Waals surface area contributed by atoms with Crippen LogP contribution in [-0.2, 0) is 0 Å². The first-order chi connectivity index (χ1) is 3.72. The SMILES string of the molecule is CC1CCC(C)N1Cl. The minimum absolute atomic E-state index is 0.590. The molecule has 1 aliphatic heterocycles. The molecule has 0 bridgehead atoms. The number of rotatable bonds is 0. The molecule has 0 spiro atoms. The van der Waals surface area contributed by atoms with Crippen molar-refractivity contribution >= 4 is 11.8 Å². The Bertz CT molecular complexity index is 74.6. The van der Waals surface area contributed by atoms with Crippen LogP contribution in [0.25, 0.3) is 0 Å². The van der Waals surface area contributed by atoms with Crippen molar-refractivity contribution in [1.82, 2.24) is 4.42 Å². The predicted molar refractivity (Wildman–Crippen MR) is 35.8 cm³/mol. The minimum Gasteiger partial charge on any atom is -0.215 e. The molecule has 0 aromatic rings. The molecule has 2 atom stereocenters. The van der Waals surface area contributed by atoms with E-state index in [0.29, 0.717) is 12.1 Å². The van der Waals surface area contributed by atoms with Gasteiger partial charge in [-0.3, -0.25) is 0 Å². The fraction of sp³-hybridized carbons (Fsp3) is 1.00. The standard InChI is InChI=1S/C6H12ClN/c1-5-3-4-6(2)8(5)7/h5-6H,3-4H2,1-2H3. The van der Waals surface area contributed by atoms with Gasteiger partial charge in [-0.25, -0.2) is 4.42 Å². The van der Waals surface area contributed by atoms with Crippen molar-refractivity contribution in [2.45, 2.75) is 38.8 Å². The third-order valence-electron chi connectivity index (χ3n) is 1.84. The van der Waals surface area contributed by atoms with Crippen LogP contribution in [0.15, 0.2) is 0 Å². The fourth-order valence-electron chi connectivity index (χ4n) is 1.16. The Morgan fingerprint density at radius 1 is 1.25 bits per heavy atom. The normalized spacial score (nSPS) is 40.9. The molecule has 8 heavy (non-hydrogen) atoms. The van der Waals surface area contributed by atoms with Gasteiger partial charge in [-0.05, 0) is 38.5 Å². The molecule has 1 rings (SSSR count). The highest BCUT2D eigenvalue weighted by Gasteiger charge is 2.24. The van der Waals surface area contributed by atoms with Crippen molar-refractivity contribution in [3.05, 3.63) is 0 Å². The van der Waals surface area contributed by atoms with Crippen LogP contribution in [0.2, 0.25) is 0 Å². The van der Waals surface area contributed by atoms with E-state index in [4.69, 9.17) is 11.8 Å². The van der Waals surface area contributed by atoms with Crippen LogP contribution in [0.4, 0.5) is 0 Å². The Morgan fingerprint density at radius 3 is 1.75 bits per heavy atom. The molecule has 1 nitrogen and oxygen atoms in total. The molecule has 0 radical (unpaired) electrons. The summed E-state index contributed by atoms with van der Waals surface area (Å²) >= 11 is 5.85. The van der Waals surface area contributed by atoms with Gasteiger partial charge in [0, 0.05) is 12.1 Å². The molecule has 2 unspecified atom stereocenters. The minimum atomic E-state index is 0.590. The quantitative estimate of drug-likeness (QED) is 0.457. The molecule has 0 aromatic carbocycles. The van der Waals surface area contributed by atoms with E-state index < -0.39 is 0 Å². The van der Waals surface area contributed by atoms with Crippen molar-refractivity contribution in [3.8, 4) is 0 Å². The highest BCUT2D eigenvalue weighted by atomic mass is 35.5. The van der Waals surface area contributed by atoms with Gasteiger partial charge in [-0.1, -0.05) is 0 Å². The molecule has 48 valence electrons. The van der Waals surface area contributed by atoms with Crippen LogP contribution in [-0.4, -0.2) is 16.5 Å². The zero-order valence-corrected chi connectivity index (χ0v) is 6.15. The second-order valence-electron chi connectivity index (χ2n) is 2.62. The summed E-state index contributed by atoms with van der Waals surface area (Å²) in [5.41, 5.74) is 0. The monoisotopic (exact) mass is 133 g/mol. The topological polar surface area (TPSA) is 3.24 Å². The van der Waals surface area contributed by atoms with Gasteiger partial charge in [0.05, 0.1) is 0 Å². The molecule has 0 N–H and O–H groups in total. The van der Waals surface area contributed by atoms with Crippen LogP contribution >= 0.6 is 11.8 Å². The van der Waals surface area contributed by atoms with Crippen molar-refractivity contribution in [3.63, 3.8) is 0 Å². The summed E-state index contributed by atoms with van der Waals surface area (Å²) in [7, 11) is 0. The Labute approximate surface area is 55.7 Å². The van der Waals surface area contributed by atoms with Gasteiger partial charge in [-0.15, -0.1) is 0 Å². The third kappa shape index (κ3) is 0.981. The lowest BCUT2D eigenvalue weighted by Crippen LogP contribution is -2.21. The zero-order valence-electron chi connectivity index (χ0n) is 5.39. The largest absolute Gasteiger partial charge is 0.215 e. The molecule has 0 aliphatic carbocycles. The summed E-state index contributed by atoms with van der Waals surface area (Å²) in [6.45, 7) is 4.33. The van der Waals surface area contributed by atoms with E-state index in [9.17, 15) is 0 Å². The van der Waals surface area contributed by atoms with Gasteiger partial charge in [-0.2, -0.15) is 0 Å². The first-order valence-electron chi connectivity index (χ1n) is 3.16. The summed E-state index contributed by atoms with van der Waals surface area (Å²) in [4.78, 5) is 0. The number of hydrogen-bond donors (Lipinski definition) is 0. The van der Waals surface area contributed by atoms with E-state index in [0.717, 1.165) is 0 Å². The van der Waals surface area contributed by atoms with Gasteiger partial charge in [0.15, 0.2) is 0 Å². The summed E-state index contributed by atoms with van der Waals surface area (Å²) < 4.78 is 1.92. The lowest BCUT2D eigenvalue weighted by molar-refractivity contribution is 0.378. The smallest absolute Gasteiger partial charge is 0.0226 e. The van der Waals surface area contributed by atoms with Gasteiger partial charge < -0.3 is 0 Å². The van der Waals surface area contributed by atoms with Gasteiger partial charge in [0.2, 0.25) is 0 Å². The molecule has 1 heterocycles. The second-order valence-corrected chi connectivity index (χ2v) is 3.01. The van der Waals surface area contributed by atoms with Crippen LogP contribution in [0, 0.1) is 0 Å². The maximum Gasteiger partial charge on any atom is 0.0226 e. The highest BCUT2D eigenvalue weighted by Crippen LogP contribution is 2.24. The summed E-state index contributed by atoms with van der Waals surface area (Å²) in [6, 6.07) is 1.18. The molecule has 2 heteroatoms. The van der Waals surface area contributed by atoms with Crippen molar-refractivity contribution in [2.75, 3.05) is 0 Å². The first kappa shape index (κ1) is 6.37. The van der Waals surface area contributed by atoms with Gasteiger partial charge >= 0.3 is 0 Å². The van der Waals surface area contributed by atoms with E-state index in [1.54, 1.807) is 0 Å². The summed E-state index contributed by atoms with van der Waals surface area (Å²) in [5, 5.41) is 0. The van der Waals surface area contributed by atoms with E-state index in [-0.39, 0.29) is 0 Å². The van der Waals surface area contributed by atoms with Crippen LogP contribution in [0.1, 0.15) is 26.7 Å². The fourth-order valence-corrected chi connectivity index (χ4v) is 1.36. The van der Waals surface area contributed by atoms with E-state index in [1.165, 1.54) is 12.8 Å². The Balaban J connectivity index is 2.44. The third-order valence-corrected chi connectivity index (χ3v) is 2.51. The number of nitrogens with zero attached hydrogens (tertiary/aromatic N) is 1. The predicted octanol–water partition coefficient (Wildman–Crippen LogP) is 2.01. The molecule has 0 aromatic heterocycles. The highest BCUT2D eigenvalue weighted by molar-refractivity contribution is 6.13. The lowest BCUT2D eigenvalue weighted by Gasteiger charge is -2.14. The summed E-state index contributed by atoms with van der Waals surface area (Å²) in [6.07, 6.45) is 2.51. The average molecular weight is 134 g/mol. The van der Waals surface area contributed by atoms with E-state index in [1.807, 2.05) is 4.42 Å². The average Bonchev–Trinajstić information content (AvgIpc) is 1.98. The van der Waals surface area contributed by atoms with Crippen LogP contribution < -0.4 is 0 Å². The Hall–Kier alpha value is 0.250. The van der Waals surface area contributed by atoms with Crippen molar-refractivity contribution in [1.29, 1.82) is 0 Å². The van der Waals surface area contributed by atoms with Crippen LogP contribution in [0.3, 0.4) is 0 Å². The Morgan fingerprint density at radius 2 is 1.62 bits per heavy atom. The zero-order chi connectivity index (χ0) is 6.15. The van der Waals surface area contributed by atoms with Crippen LogP contribution in [0.5, 0.6) is 0 Å². The number of hydrogen-bond acceptors (Lipinski definition) is 1. The molecule has 1 fully saturated rings. The van der Waals surface area contributed by atoms with Gasteiger partial charge in [0.1, 0.15) is 0 Å². The molecular weight excluding hydrogens is 122 g/mol.